The number of imide groups is 2. The quantitative estimate of drug-likeness (QED) is 0.0855. The fourth-order valence-electron chi connectivity index (χ4n) is 7.22. The van der Waals surface area contributed by atoms with Crippen LogP contribution in [0.3, 0.4) is 0 Å². The molecule has 3 aliphatic heterocycles. The van der Waals surface area contributed by atoms with Gasteiger partial charge in [0.05, 0.1) is 11.1 Å². The molecule has 53 heavy (non-hydrogen) atoms. The number of anilines is 2. The molecule has 2 fully saturated rings. The smallest absolute Gasteiger partial charge is 0.265 e. The minimum atomic E-state index is -0.979. The number of fused-ring (bicyclic) bond motifs is 1. The van der Waals surface area contributed by atoms with E-state index < -0.39 is 29.7 Å². The van der Waals surface area contributed by atoms with Gasteiger partial charge in [-0.2, -0.15) is 0 Å². The minimum Gasteiger partial charge on any atom is -0.384 e. The van der Waals surface area contributed by atoms with E-state index in [4.69, 9.17) is 0 Å². The summed E-state index contributed by atoms with van der Waals surface area (Å²) in [5, 5.41) is 5.53. The van der Waals surface area contributed by atoms with E-state index >= 15 is 0 Å². The normalized spacial score (nSPS) is 17.2. The number of hydrogen-bond donors (Lipinski definition) is 4. The monoisotopic (exact) mass is 729 g/mol. The summed E-state index contributed by atoms with van der Waals surface area (Å²) in [7, 11) is 0. The van der Waals surface area contributed by atoms with Crippen molar-refractivity contribution >= 4 is 46.8 Å². The van der Waals surface area contributed by atoms with Gasteiger partial charge in [0.1, 0.15) is 6.04 Å². The first-order valence-electron chi connectivity index (χ1n) is 19.5. The largest absolute Gasteiger partial charge is 0.384 e. The Morgan fingerprint density at radius 1 is 0.774 bits per heavy atom. The van der Waals surface area contributed by atoms with Crippen LogP contribution in [0.2, 0.25) is 0 Å². The number of piperidine rings is 1. The van der Waals surface area contributed by atoms with E-state index in [1.54, 1.807) is 18.2 Å². The number of piperazine rings is 1. The van der Waals surface area contributed by atoms with Gasteiger partial charge in [0.15, 0.2) is 0 Å². The summed E-state index contributed by atoms with van der Waals surface area (Å²) in [6.07, 6.45) is 12.5. The molecule has 4 N–H and O–H groups in total. The van der Waals surface area contributed by atoms with Crippen molar-refractivity contribution in [3.8, 4) is 0 Å². The number of rotatable bonds is 20. The fraction of sp³-hybridized carbons (Fsp3) is 0.550. The Bertz CT molecular complexity index is 1600. The third kappa shape index (κ3) is 10.6. The molecule has 0 aromatic heterocycles. The summed E-state index contributed by atoms with van der Waals surface area (Å²) in [4.78, 5) is 80.7. The van der Waals surface area contributed by atoms with Crippen LogP contribution in [0.25, 0.3) is 0 Å². The maximum Gasteiger partial charge on any atom is 0.265 e. The van der Waals surface area contributed by atoms with Gasteiger partial charge < -0.3 is 15.1 Å². The Morgan fingerprint density at radius 2 is 1.45 bits per heavy atom. The van der Waals surface area contributed by atoms with Crippen LogP contribution in [0.4, 0.5) is 11.4 Å². The van der Waals surface area contributed by atoms with Gasteiger partial charge in [-0.3, -0.25) is 44.4 Å². The van der Waals surface area contributed by atoms with Gasteiger partial charge in [-0.15, -0.1) is 0 Å². The van der Waals surface area contributed by atoms with Crippen molar-refractivity contribution in [1.82, 2.24) is 26.0 Å². The van der Waals surface area contributed by atoms with Gasteiger partial charge in [0, 0.05) is 69.0 Å². The molecule has 6 amide bonds. The van der Waals surface area contributed by atoms with E-state index in [1.807, 2.05) is 29.2 Å². The maximum absolute atomic E-state index is 13.2. The molecule has 1 atom stereocenters. The van der Waals surface area contributed by atoms with Crippen LogP contribution >= 0.6 is 0 Å². The second-order valence-corrected chi connectivity index (χ2v) is 14.2. The zero-order chi connectivity index (χ0) is 37.6. The highest BCUT2D eigenvalue weighted by Crippen LogP contribution is 2.32. The highest BCUT2D eigenvalue weighted by molar-refractivity contribution is 6.25. The molecule has 13 nitrogen and oxygen atoms in total. The zero-order valence-electron chi connectivity index (χ0n) is 31.1. The number of benzene rings is 2. The standard InChI is InChI=1S/C40H55N7O6/c1-2-3-4-12-24-42-44-37(50)29-17-19-30(20-18-29)45-25-27-46(28-26-45)35(49)16-10-8-6-5-7-9-11-23-41-32-15-13-14-31-36(32)40(53)47(39(31)52)33-21-22-34(48)43-38(33)51/h13-15,17-20,33,41-42H,2-12,16,21-28H2,1H3,(H,44,50)(H,43,48,51). The fourth-order valence-corrected chi connectivity index (χ4v) is 7.22. The lowest BCUT2D eigenvalue weighted by Gasteiger charge is -2.36. The number of hydrogen-bond acceptors (Lipinski definition) is 9. The Hall–Kier alpha value is -4.78. The van der Waals surface area contributed by atoms with Crippen LogP contribution in [0.15, 0.2) is 42.5 Å². The van der Waals surface area contributed by atoms with E-state index in [1.165, 1.54) is 12.8 Å². The maximum atomic E-state index is 13.2. The van der Waals surface area contributed by atoms with E-state index in [2.05, 4.69) is 33.3 Å². The van der Waals surface area contributed by atoms with Gasteiger partial charge in [0.2, 0.25) is 17.7 Å². The Labute approximate surface area is 312 Å². The summed E-state index contributed by atoms with van der Waals surface area (Å²) in [5.41, 5.74) is 8.61. The lowest BCUT2D eigenvalue weighted by molar-refractivity contribution is -0.136. The van der Waals surface area contributed by atoms with Gasteiger partial charge in [-0.25, -0.2) is 5.43 Å². The van der Waals surface area contributed by atoms with Crippen LogP contribution in [0.5, 0.6) is 0 Å². The highest BCUT2D eigenvalue weighted by Gasteiger charge is 2.45. The average Bonchev–Trinajstić information content (AvgIpc) is 3.42. The highest BCUT2D eigenvalue weighted by atomic mass is 16.2. The lowest BCUT2D eigenvalue weighted by Crippen LogP contribution is -2.54. The van der Waals surface area contributed by atoms with Gasteiger partial charge in [-0.1, -0.05) is 64.4 Å². The predicted octanol–water partition coefficient (Wildman–Crippen LogP) is 4.78. The summed E-state index contributed by atoms with van der Waals surface area (Å²) >= 11 is 0. The summed E-state index contributed by atoms with van der Waals surface area (Å²) in [6, 6.07) is 11.8. The van der Waals surface area contributed by atoms with Crippen molar-refractivity contribution in [1.29, 1.82) is 0 Å². The number of carbonyl (C=O) groups excluding carboxylic acids is 6. The van der Waals surface area contributed by atoms with Crippen molar-refractivity contribution < 1.29 is 28.8 Å². The molecule has 0 aliphatic carbocycles. The Kier molecular flexibility index (Phi) is 14.8. The van der Waals surface area contributed by atoms with E-state index in [0.717, 1.165) is 88.0 Å². The average molecular weight is 730 g/mol. The van der Waals surface area contributed by atoms with Crippen molar-refractivity contribution in [2.75, 3.05) is 49.5 Å². The molecular weight excluding hydrogens is 674 g/mol. The number of amides is 6. The molecule has 0 bridgehead atoms. The van der Waals surface area contributed by atoms with Gasteiger partial charge in [-0.05, 0) is 62.1 Å². The Balaban J connectivity index is 0.903. The molecule has 0 spiro atoms. The SMILES string of the molecule is CCCCCCNNC(=O)c1ccc(N2CCN(C(=O)CCCCCCCCCNc3cccc4c3C(=O)N(C3CCC(=O)NC3=O)C4=O)CC2)cc1. The van der Waals surface area contributed by atoms with Crippen LogP contribution < -0.4 is 26.4 Å². The molecule has 2 aromatic rings. The molecular formula is C40H55N7O6. The van der Waals surface area contributed by atoms with Crippen LogP contribution in [0, 0.1) is 0 Å². The molecule has 3 aliphatic rings. The molecule has 0 saturated carbocycles. The van der Waals surface area contributed by atoms with Crippen LogP contribution in [-0.4, -0.2) is 90.6 Å². The number of nitrogens with one attached hydrogen (secondary N) is 4. The van der Waals surface area contributed by atoms with Crippen LogP contribution in [-0.2, 0) is 14.4 Å². The lowest BCUT2D eigenvalue weighted by atomic mass is 10.0. The number of unbranched alkanes of at least 4 members (excludes halogenated alkanes) is 9. The third-order valence-electron chi connectivity index (χ3n) is 10.3. The number of nitrogens with zero attached hydrogens (tertiary/aromatic N) is 3. The molecule has 286 valence electrons. The third-order valence-corrected chi connectivity index (χ3v) is 10.3. The first-order valence-corrected chi connectivity index (χ1v) is 19.5. The number of carbonyl (C=O) groups is 6. The van der Waals surface area contributed by atoms with Crippen molar-refractivity contribution in [2.45, 2.75) is 103 Å². The zero-order valence-corrected chi connectivity index (χ0v) is 31.1. The second kappa shape index (κ2) is 19.9. The number of hydrazine groups is 1. The second-order valence-electron chi connectivity index (χ2n) is 14.2. The van der Waals surface area contributed by atoms with Crippen molar-refractivity contribution in [3.63, 3.8) is 0 Å². The molecule has 0 radical (unpaired) electrons. The molecule has 13 heteroatoms. The van der Waals surface area contributed by atoms with E-state index in [-0.39, 0.29) is 35.8 Å². The summed E-state index contributed by atoms with van der Waals surface area (Å²) < 4.78 is 0. The Morgan fingerprint density at radius 3 is 2.17 bits per heavy atom. The van der Waals surface area contributed by atoms with E-state index in [9.17, 15) is 28.8 Å². The van der Waals surface area contributed by atoms with Crippen molar-refractivity contribution in [3.05, 3.63) is 59.2 Å². The molecule has 1 unspecified atom stereocenters. The predicted molar refractivity (Wildman–Crippen MR) is 203 cm³/mol. The van der Waals surface area contributed by atoms with Gasteiger partial charge in [0.25, 0.3) is 17.7 Å². The topological polar surface area (TPSA) is 160 Å². The molecule has 2 aromatic carbocycles. The molecule has 2 saturated heterocycles. The summed E-state index contributed by atoms with van der Waals surface area (Å²) in [6.45, 7) is 6.53. The van der Waals surface area contributed by atoms with E-state index in [0.29, 0.717) is 37.3 Å². The first-order chi connectivity index (χ1) is 25.8. The molecule has 3 heterocycles. The minimum absolute atomic E-state index is 0.0878. The first kappa shape index (κ1) is 39.4. The van der Waals surface area contributed by atoms with Gasteiger partial charge >= 0.3 is 0 Å². The van der Waals surface area contributed by atoms with Crippen molar-refractivity contribution in [2.24, 2.45) is 0 Å². The van der Waals surface area contributed by atoms with Crippen LogP contribution in [0.1, 0.15) is 128 Å². The summed E-state index contributed by atoms with van der Waals surface area (Å²) in [5.74, 6) is -1.94. The molecule has 5 rings (SSSR count).